The first-order valence-corrected chi connectivity index (χ1v) is 5.86. The summed E-state index contributed by atoms with van der Waals surface area (Å²) in [5.41, 5.74) is 0.0465. The SMILES string of the molecule is COC(=O)[C@]1(C)Cc2ccc(Br)cc2C(=O)O1. The van der Waals surface area contributed by atoms with Crippen molar-refractivity contribution in [3.63, 3.8) is 0 Å². The van der Waals surface area contributed by atoms with Gasteiger partial charge in [0.2, 0.25) is 5.60 Å². The summed E-state index contributed by atoms with van der Waals surface area (Å²) >= 11 is 3.29. The van der Waals surface area contributed by atoms with Gasteiger partial charge in [0.1, 0.15) is 0 Å². The number of rotatable bonds is 1. The lowest BCUT2D eigenvalue weighted by Crippen LogP contribution is -2.46. The number of fused-ring (bicyclic) bond motifs is 1. The second kappa shape index (κ2) is 4.14. The maximum absolute atomic E-state index is 11.8. The highest BCUT2D eigenvalue weighted by molar-refractivity contribution is 9.10. The Morgan fingerprint density at radius 3 is 2.88 bits per heavy atom. The zero-order valence-corrected chi connectivity index (χ0v) is 11.0. The lowest BCUT2D eigenvalue weighted by Gasteiger charge is -2.31. The Hall–Kier alpha value is -1.36. The Labute approximate surface area is 107 Å². The fraction of sp³-hybridized carbons (Fsp3) is 0.333. The Morgan fingerprint density at radius 1 is 1.53 bits per heavy atom. The molecule has 2 rings (SSSR count). The standard InChI is InChI=1S/C12H11BrO4/c1-12(11(15)16-2)6-7-3-4-8(13)5-9(7)10(14)17-12/h3-5H,6H2,1-2H3/t12-/m0/s1. The first-order valence-electron chi connectivity index (χ1n) is 5.06. The zero-order chi connectivity index (χ0) is 12.6. The van der Waals surface area contributed by atoms with Crippen LogP contribution in [0.25, 0.3) is 0 Å². The highest BCUT2D eigenvalue weighted by Crippen LogP contribution is 2.30. The van der Waals surface area contributed by atoms with E-state index in [1.807, 2.05) is 6.07 Å². The maximum atomic E-state index is 11.8. The van der Waals surface area contributed by atoms with E-state index in [1.165, 1.54) is 7.11 Å². The van der Waals surface area contributed by atoms with Crippen LogP contribution < -0.4 is 0 Å². The highest BCUT2D eigenvalue weighted by atomic mass is 79.9. The third-order valence-corrected chi connectivity index (χ3v) is 3.25. The van der Waals surface area contributed by atoms with E-state index in [4.69, 9.17) is 4.74 Å². The van der Waals surface area contributed by atoms with Crippen molar-refractivity contribution in [2.24, 2.45) is 0 Å². The van der Waals surface area contributed by atoms with Crippen molar-refractivity contribution in [1.29, 1.82) is 0 Å². The summed E-state index contributed by atoms with van der Waals surface area (Å²) < 4.78 is 10.6. The number of carbonyl (C=O) groups excluding carboxylic acids is 2. The third kappa shape index (κ3) is 2.07. The highest BCUT2D eigenvalue weighted by Gasteiger charge is 2.43. The number of carbonyl (C=O) groups is 2. The molecule has 1 aliphatic rings. The zero-order valence-electron chi connectivity index (χ0n) is 9.45. The Kier molecular flexibility index (Phi) is 2.95. The van der Waals surface area contributed by atoms with Crippen LogP contribution >= 0.6 is 15.9 Å². The lowest BCUT2D eigenvalue weighted by molar-refractivity contribution is -0.161. The molecule has 0 fully saturated rings. The molecule has 1 aromatic rings. The molecule has 0 aromatic heterocycles. The van der Waals surface area contributed by atoms with Crippen LogP contribution in [0.3, 0.4) is 0 Å². The van der Waals surface area contributed by atoms with E-state index in [9.17, 15) is 9.59 Å². The van der Waals surface area contributed by atoms with Crippen molar-refractivity contribution in [2.75, 3.05) is 7.11 Å². The molecule has 0 saturated carbocycles. The number of ether oxygens (including phenoxy) is 2. The van der Waals surface area contributed by atoms with Gasteiger partial charge in [0.15, 0.2) is 0 Å². The Bertz CT molecular complexity index is 497. The quantitative estimate of drug-likeness (QED) is 0.745. The van der Waals surface area contributed by atoms with Crippen LogP contribution in [0, 0.1) is 0 Å². The molecule has 0 saturated heterocycles. The lowest BCUT2D eigenvalue weighted by atomic mass is 9.90. The molecule has 0 radical (unpaired) electrons. The maximum Gasteiger partial charge on any atom is 0.350 e. The average molecular weight is 299 g/mol. The minimum Gasteiger partial charge on any atom is -0.466 e. The van der Waals surface area contributed by atoms with E-state index in [0.717, 1.165) is 10.0 Å². The molecule has 1 aromatic carbocycles. The summed E-state index contributed by atoms with van der Waals surface area (Å²) in [5.74, 6) is -1.04. The van der Waals surface area contributed by atoms with Crippen LogP contribution in [0.4, 0.5) is 0 Å². The molecule has 0 aliphatic carbocycles. The summed E-state index contributed by atoms with van der Waals surface area (Å²) in [6, 6.07) is 5.32. The summed E-state index contributed by atoms with van der Waals surface area (Å²) in [4.78, 5) is 23.4. The number of benzene rings is 1. The normalized spacial score (nSPS) is 22.6. The number of halogens is 1. The molecule has 1 heterocycles. The summed E-state index contributed by atoms with van der Waals surface area (Å²) in [6.07, 6.45) is 0.327. The van der Waals surface area contributed by atoms with E-state index in [1.54, 1.807) is 19.1 Å². The molecule has 90 valence electrons. The second-order valence-electron chi connectivity index (χ2n) is 4.09. The fourth-order valence-corrected chi connectivity index (χ4v) is 2.24. The van der Waals surface area contributed by atoms with Gasteiger partial charge in [0.25, 0.3) is 0 Å². The van der Waals surface area contributed by atoms with Crippen LogP contribution in [0.1, 0.15) is 22.8 Å². The molecular formula is C12H11BrO4. The van der Waals surface area contributed by atoms with E-state index in [2.05, 4.69) is 20.7 Å². The smallest absolute Gasteiger partial charge is 0.350 e. The molecule has 0 bridgehead atoms. The van der Waals surface area contributed by atoms with E-state index in [0.29, 0.717) is 12.0 Å². The summed E-state index contributed by atoms with van der Waals surface area (Å²) in [7, 11) is 1.28. The van der Waals surface area contributed by atoms with Gasteiger partial charge >= 0.3 is 11.9 Å². The molecule has 0 amide bonds. The largest absolute Gasteiger partial charge is 0.466 e. The fourth-order valence-electron chi connectivity index (χ4n) is 1.88. The first kappa shape index (κ1) is 12.1. The molecule has 0 spiro atoms. The van der Waals surface area contributed by atoms with Gasteiger partial charge in [-0.2, -0.15) is 0 Å². The van der Waals surface area contributed by atoms with E-state index >= 15 is 0 Å². The van der Waals surface area contributed by atoms with Crippen LogP contribution in [-0.2, 0) is 20.7 Å². The average Bonchev–Trinajstić information content (AvgIpc) is 2.29. The van der Waals surface area contributed by atoms with Gasteiger partial charge in [-0.25, -0.2) is 9.59 Å². The van der Waals surface area contributed by atoms with Crippen molar-refractivity contribution in [2.45, 2.75) is 18.9 Å². The minimum atomic E-state index is -1.23. The second-order valence-corrected chi connectivity index (χ2v) is 5.01. The van der Waals surface area contributed by atoms with Gasteiger partial charge in [0, 0.05) is 10.9 Å². The Balaban J connectivity index is 2.43. The number of esters is 2. The first-order chi connectivity index (χ1) is 7.96. The molecule has 5 heteroatoms. The predicted molar refractivity (Wildman–Crippen MR) is 63.7 cm³/mol. The number of hydrogen-bond acceptors (Lipinski definition) is 4. The third-order valence-electron chi connectivity index (χ3n) is 2.75. The molecule has 1 atom stereocenters. The monoisotopic (exact) mass is 298 g/mol. The van der Waals surface area contributed by atoms with Gasteiger partial charge in [0.05, 0.1) is 12.7 Å². The van der Waals surface area contributed by atoms with Crippen molar-refractivity contribution >= 4 is 27.9 Å². The van der Waals surface area contributed by atoms with E-state index < -0.39 is 17.5 Å². The van der Waals surface area contributed by atoms with Gasteiger partial charge in [-0.15, -0.1) is 0 Å². The molecule has 17 heavy (non-hydrogen) atoms. The molecule has 1 aliphatic heterocycles. The van der Waals surface area contributed by atoms with E-state index in [-0.39, 0.29) is 0 Å². The van der Waals surface area contributed by atoms with Gasteiger partial charge in [-0.05, 0) is 24.6 Å². The molecule has 0 unspecified atom stereocenters. The van der Waals surface area contributed by atoms with Crippen molar-refractivity contribution in [3.05, 3.63) is 33.8 Å². The van der Waals surface area contributed by atoms with Crippen molar-refractivity contribution in [1.82, 2.24) is 0 Å². The van der Waals surface area contributed by atoms with Crippen LogP contribution in [0.15, 0.2) is 22.7 Å². The number of hydrogen-bond donors (Lipinski definition) is 0. The van der Waals surface area contributed by atoms with Crippen molar-refractivity contribution < 1.29 is 19.1 Å². The van der Waals surface area contributed by atoms with Crippen LogP contribution in [0.2, 0.25) is 0 Å². The van der Waals surface area contributed by atoms with Gasteiger partial charge < -0.3 is 9.47 Å². The molecule has 0 N–H and O–H groups in total. The topological polar surface area (TPSA) is 52.6 Å². The van der Waals surface area contributed by atoms with Gasteiger partial charge in [-0.3, -0.25) is 0 Å². The predicted octanol–water partition coefficient (Wildman–Crippen LogP) is 2.09. The van der Waals surface area contributed by atoms with Gasteiger partial charge in [-0.1, -0.05) is 22.0 Å². The number of cyclic esters (lactones) is 1. The summed E-state index contributed by atoms with van der Waals surface area (Å²) in [6.45, 7) is 1.56. The minimum absolute atomic E-state index is 0.327. The van der Waals surface area contributed by atoms with Crippen molar-refractivity contribution in [3.8, 4) is 0 Å². The number of methoxy groups -OCH3 is 1. The summed E-state index contributed by atoms with van der Waals surface area (Å²) in [5, 5.41) is 0. The Morgan fingerprint density at radius 2 is 2.24 bits per heavy atom. The van der Waals surface area contributed by atoms with Crippen LogP contribution in [0.5, 0.6) is 0 Å². The molecule has 4 nitrogen and oxygen atoms in total. The van der Waals surface area contributed by atoms with Crippen LogP contribution in [-0.4, -0.2) is 24.6 Å². The molecular weight excluding hydrogens is 288 g/mol.